The van der Waals surface area contributed by atoms with Gasteiger partial charge in [0.25, 0.3) is 0 Å². The van der Waals surface area contributed by atoms with E-state index in [4.69, 9.17) is 15.2 Å². The first kappa shape index (κ1) is 11.8. The van der Waals surface area contributed by atoms with E-state index in [1.807, 2.05) is 0 Å². The molecule has 0 radical (unpaired) electrons. The maximum atomic E-state index is 11.5. The summed E-state index contributed by atoms with van der Waals surface area (Å²) < 4.78 is 12.0. The molecule has 8 nitrogen and oxygen atoms in total. The lowest BCUT2D eigenvalue weighted by Crippen LogP contribution is -2.40. The zero-order valence-electron chi connectivity index (χ0n) is 9.33. The lowest BCUT2D eigenvalue weighted by molar-refractivity contribution is -0.124. The molecule has 2 heterocycles. The molecule has 3 N–H and O–H groups in total. The number of hydrogen-bond acceptors (Lipinski definition) is 6. The van der Waals surface area contributed by atoms with E-state index < -0.39 is 0 Å². The standard InChI is InChI=1S/C9H15N5O3/c10-9-12-6-14(13-9)4-8(15)11-3-7-5-16-1-2-17-7/h6-7H,1-5H2,(H2,10,13)(H,11,15). The van der Waals surface area contributed by atoms with Crippen molar-refractivity contribution in [1.82, 2.24) is 20.1 Å². The average Bonchev–Trinajstić information content (AvgIpc) is 2.73. The van der Waals surface area contributed by atoms with Crippen molar-refractivity contribution in [3.63, 3.8) is 0 Å². The largest absolute Gasteiger partial charge is 0.376 e. The van der Waals surface area contributed by atoms with Gasteiger partial charge >= 0.3 is 0 Å². The van der Waals surface area contributed by atoms with Crippen molar-refractivity contribution in [1.29, 1.82) is 0 Å². The minimum absolute atomic E-state index is 0.0754. The van der Waals surface area contributed by atoms with Crippen LogP contribution in [0, 0.1) is 0 Å². The van der Waals surface area contributed by atoms with E-state index >= 15 is 0 Å². The van der Waals surface area contributed by atoms with E-state index in [9.17, 15) is 4.79 Å². The Bertz CT molecular complexity index is 374. The third kappa shape index (κ3) is 3.68. The zero-order chi connectivity index (χ0) is 12.1. The van der Waals surface area contributed by atoms with Gasteiger partial charge in [-0.25, -0.2) is 9.67 Å². The summed E-state index contributed by atoms with van der Waals surface area (Å²) >= 11 is 0. The van der Waals surface area contributed by atoms with Crippen molar-refractivity contribution in [3.8, 4) is 0 Å². The molecule has 1 aliphatic heterocycles. The number of carbonyl (C=O) groups excluding carboxylic acids is 1. The van der Waals surface area contributed by atoms with Crippen LogP contribution in [0.1, 0.15) is 0 Å². The molecule has 1 aliphatic rings. The van der Waals surface area contributed by atoms with E-state index in [1.165, 1.54) is 11.0 Å². The van der Waals surface area contributed by atoms with E-state index in [-0.39, 0.29) is 24.5 Å². The number of rotatable bonds is 4. The molecular weight excluding hydrogens is 226 g/mol. The second-order valence-electron chi connectivity index (χ2n) is 3.67. The predicted octanol–water partition coefficient (Wildman–Crippen LogP) is -1.61. The van der Waals surface area contributed by atoms with Crippen molar-refractivity contribution in [3.05, 3.63) is 6.33 Å². The van der Waals surface area contributed by atoms with Crippen LogP contribution in [0.5, 0.6) is 0 Å². The number of ether oxygens (including phenoxy) is 2. The molecule has 1 aromatic heterocycles. The molecule has 0 aliphatic carbocycles. The molecule has 0 saturated carbocycles. The summed E-state index contributed by atoms with van der Waals surface area (Å²) in [6.45, 7) is 2.22. The number of nitrogens with zero attached hydrogens (tertiary/aromatic N) is 3. The average molecular weight is 241 g/mol. The predicted molar refractivity (Wildman–Crippen MR) is 58.0 cm³/mol. The fourth-order valence-corrected chi connectivity index (χ4v) is 1.47. The number of hydrogen-bond donors (Lipinski definition) is 2. The Labute approximate surface area is 98.1 Å². The normalized spacial score (nSPS) is 20.1. The zero-order valence-corrected chi connectivity index (χ0v) is 9.33. The van der Waals surface area contributed by atoms with Crippen molar-refractivity contribution in [2.75, 3.05) is 32.1 Å². The van der Waals surface area contributed by atoms with Crippen LogP contribution in [-0.4, -0.2) is 53.1 Å². The van der Waals surface area contributed by atoms with E-state index in [0.717, 1.165) is 0 Å². The molecule has 2 rings (SSSR count). The highest BCUT2D eigenvalue weighted by Crippen LogP contribution is 1.98. The Kier molecular flexibility index (Phi) is 3.89. The van der Waals surface area contributed by atoms with Crippen molar-refractivity contribution < 1.29 is 14.3 Å². The van der Waals surface area contributed by atoms with Crippen molar-refractivity contribution >= 4 is 11.9 Å². The van der Waals surface area contributed by atoms with Gasteiger partial charge in [0.05, 0.1) is 25.9 Å². The summed E-state index contributed by atoms with van der Waals surface area (Å²) in [5.74, 6) is -0.00844. The van der Waals surface area contributed by atoms with Gasteiger partial charge < -0.3 is 20.5 Å². The van der Waals surface area contributed by atoms with Crippen LogP contribution in [0.25, 0.3) is 0 Å². The van der Waals surface area contributed by atoms with Crippen LogP contribution in [0.4, 0.5) is 5.95 Å². The van der Waals surface area contributed by atoms with Crippen LogP contribution in [-0.2, 0) is 20.8 Å². The summed E-state index contributed by atoms with van der Waals surface area (Å²) in [6.07, 6.45) is 1.34. The van der Waals surface area contributed by atoms with Gasteiger partial charge in [0.15, 0.2) is 0 Å². The summed E-state index contributed by atoms with van der Waals surface area (Å²) in [4.78, 5) is 15.3. The Morgan fingerprint density at radius 2 is 2.53 bits per heavy atom. The highest BCUT2D eigenvalue weighted by Gasteiger charge is 2.15. The first-order valence-electron chi connectivity index (χ1n) is 5.35. The topological polar surface area (TPSA) is 104 Å². The quantitative estimate of drug-likeness (QED) is 0.657. The minimum Gasteiger partial charge on any atom is -0.376 e. The highest BCUT2D eigenvalue weighted by molar-refractivity contribution is 5.75. The summed E-state index contributed by atoms with van der Waals surface area (Å²) in [7, 11) is 0. The molecular formula is C9H15N5O3. The number of amides is 1. The molecule has 8 heteroatoms. The minimum atomic E-state index is -0.163. The Balaban J connectivity index is 1.70. The molecule has 0 aromatic carbocycles. The third-order valence-corrected chi connectivity index (χ3v) is 2.27. The van der Waals surface area contributed by atoms with E-state index in [0.29, 0.717) is 26.4 Å². The molecule has 1 atom stereocenters. The Hall–Kier alpha value is -1.67. The van der Waals surface area contributed by atoms with Gasteiger partial charge in [0.1, 0.15) is 12.9 Å². The smallest absolute Gasteiger partial charge is 0.241 e. The van der Waals surface area contributed by atoms with Gasteiger partial charge in [0.2, 0.25) is 11.9 Å². The number of nitrogens with one attached hydrogen (secondary N) is 1. The monoisotopic (exact) mass is 241 g/mol. The highest BCUT2D eigenvalue weighted by atomic mass is 16.6. The summed E-state index contributed by atoms with van der Waals surface area (Å²) in [5, 5.41) is 6.55. The third-order valence-electron chi connectivity index (χ3n) is 2.27. The molecule has 1 unspecified atom stereocenters. The molecule has 17 heavy (non-hydrogen) atoms. The number of carbonyl (C=O) groups is 1. The van der Waals surface area contributed by atoms with Crippen LogP contribution < -0.4 is 11.1 Å². The summed E-state index contributed by atoms with van der Waals surface area (Å²) in [5.41, 5.74) is 5.33. The number of anilines is 1. The molecule has 94 valence electrons. The van der Waals surface area contributed by atoms with Crippen molar-refractivity contribution in [2.45, 2.75) is 12.6 Å². The number of nitrogens with two attached hydrogens (primary N) is 1. The maximum Gasteiger partial charge on any atom is 0.241 e. The number of nitrogen functional groups attached to an aromatic ring is 1. The van der Waals surface area contributed by atoms with Crippen LogP contribution >= 0.6 is 0 Å². The van der Waals surface area contributed by atoms with Gasteiger partial charge in [0, 0.05) is 6.54 Å². The first-order chi connectivity index (χ1) is 8.24. The van der Waals surface area contributed by atoms with Crippen LogP contribution in [0.3, 0.4) is 0 Å². The molecule has 0 spiro atoms. The molecule has 1 amide bonds. The van der Waals surface area contributed by atoms with Crippen LogP contribution in [0.15, 0.2) is 6.33 Å². The van der Waals surface area contributed by atoms with Gasteiger partial charge in [-0.15, -0.1) is 5.10 Å². The first-order valence-corrected chi connectivity index (χ1v) is 5.35. The SMILES string of the molecule is Nc1ncn(CC(=O)NCC2COCCO2)n1. The Morgan fingerprint density at radius 1 is 1.65 bits per heavy atom. The summed E-state index contributed by atoms with van der Waals surface area (Å²) in [6, 6.07) is 0. The van der Waals surface area contributed by atoms with Crippen LogP contribution in [0.2, 0.25) is 0 Å². The lowest BCUT2D eigenvalue weighted by Gasteiger charge is -2.22. The molecule has 1 saturated heterocycles. The second kappa shape index (κ2) is 5.60. The van der Waals surface area contributed by atoms with E-state index in [2.05, 4.69) is 15.4 Å². The second-order valence-corrected chi connectivity index (χ2v) is 3.67. The molecule has 0 bridgehead atoms. The fraction of sp³-hybridized carbons (Fsp3) is 0.667. The Morgan fingerprint density at radius 3 is 3.18 bits per heavy atom. The van der Waals surface area contributed by atoms with Gasteiger partial charge in [-0.2, -0.15) is 0 Å². The van der Waals surface area contributed by atoms with E-state index in [1.54, 1.807) is 0 Å². The lowest BCUT2D eigenvalue weighted by atomic mass is 10.3. The van der Waals surface area contributed by atoms with Crippen molar-refractivity contribution in [2.24, 2.45) is 0 Å². The molecule has 1 fully saturated rings. The molecule has 1 aromatic rings. The maximum absolute atomic E-state index is 11.5. The van der Waals surface area contributed by atoms with Gasteiger partial charge in [-0.05, 0) is 0 Å². The van der Waals surface area contributed by atoms with Gasteiger partial charge in [-0.3, -0.25) is 4.79 Å². The fourth-order valence-electron chi connectivity index (χ4n) is 1.47. The number of aromatic nitrogens is 3. The van der Waals surface area contributed by atoms with Gasteiger partial charge in [-0.1, -0.05) is 0 Å².